The highest BCUT2D eigenvalue weighted by Crippen LogP contribution is 2.21. The van der Waals surface area contributed by atoms with Gasteiger partial charge in [-0.1, -0.05) is 47.5 Å². The van der Waals surface area contributed by atoms with Gasteiger partial charge in [-0.15, -0.1) is 0 Å². The van der Waals surface area contributed by atoms with Gasteiger partial charge < -0.3 is 5.32 Å². The van der Waals surface area contributed by atoms with Crippen LogP contribution in [0.3, 0.4) is 0 Å². The number of nitrogens with one attached hydrogen (secondary N) is 1. The first kappa shape index (κ1) is 18.9. The van der Waals surface area contributed by atoms with Gasteiger partial charge in [-0.2, -0.15) is 5.10 Å². The summed E-state index contributed by atoms with van der Waals surface area (Å²) >= 11 is 6.00. The van der Waals surface area contributed by atoms with Crippen LogP contribution in [0.15, 0.2) is 59.4 Å². The number of hydrogen-bond donors (Lipinski definition) is 1. The molecule has 0 saturated carbocycles. The summed E-state index contributed by atoms with van der Waals surface area (Å²) in [5.74, 6) is -0.337. The molecule has 0 saturated heterocycles. The van der Waals surface area contributed by atoms with E-state index in [0.29, 0.717) is 16.4 Å². The molecular formula is C21H20ClN3O2. The predicted molar refractivity (Wildman–Crippen MR) is 108 cm³/mol. The number of hydrogen-bond acceptors (Lipinski definition) is 3. The van der Waals surface area contributed by atoms with Crippen LogP contribution in [0.25, 0.3) is 11.3 Å². The second-order valence-electron chi connectivity index (χ2n) is 6.49. The molecule has 1 aromatic heterocycles. The highest BCUT2D eigenvalue weighted by atomic mass is 35.5. The predicted octanol–water partition coefficient (Wildman–Crippen LogP) is 4.38. The van der Waals surface area contributed by atoms with Crippen molar-refractivity contribution in [1.82, 2.24) is 9.78 Å². The Morgan fingerprint density at radius 3 is 2.48 bits per heavy atom. The molecule has 1 heterocycles. The molecule has 0 aliphatic carbocycles. The lowest BCUT2D eigenvalue weighted by Crippen LogP contribution is -2.33. The number of rotatable bonds is 4. The number of halogens is 1. The molecule has 0 bridgehead atoms. The normalized spacial score (nSPS) is 11.9. The molecule has 0 aliphatic heterocycles. The van der Waals surface area contributed by atoms with Gasteiger partial charge in [0.2, 0.25) is 5.91 Å². The molecule has 0 radical (unpaired) electrons. The van der Waals surface area contributed by atoms with E-state index in [-0.39, 0.29) is 11.5 Å². The first-order valence-corrected chi connectivity index (χ1v) is 8.97. The molecule has 27 heavy (non-hydrogen) atoms. The third-order valence-corrected chi connectivity index (χ3v) is 4.61. The van der Waals surface area contributed by atoms with Crippen LogP contribution in [0.2, 0.25) is 5.02 Å². The number of carbonyl (C=O) groups excluding carboxylic acids is 1. The van der Waals surface area contributed by atoms with Gasteiger partial charge in [0.05, 0.1) is 5.69 Å². The smallest absolute Gasteiger partial charge is 0.267 e. The van der Waals surface area contributed by atoms with Crippen molar-refractivity contribution in [3.05, 3.63) is 81.1 Å². The van der Waals surface area contributed by atoms with Crippen LogP contribution in [0.5, 0.6) is 0 Å². The van der Waals surface area contributed by atoms with Crippen molar-refractivity contribution in [2.24, 2.45) is 0 Å². The molecule has 0 aliphatic rings. The maximum atomic E-state index is 12.7. The molecule has 1 N–H and O–H groups in total. The minimum absolute atomic E-state index is 0.337. The SMILES string of the molecule is Cc1ccc(-c2ccc(=O)n([C@@H](C)C(=O)Nc3cc(Cl)ccc3C)n2)cc1. The van der Waals surface area contributed by atoms with Gasteiger partial charge in [0.15, 0.2) is 0 Å². The van der Waals surface area contributed by atoms with Crippen molar-refractivity contribution < 1.29 is 4.79 Å². The van der Waals surface area contributed by atoms with E-state index in [2.05, 4.69) is 10.4 Å². The van der Waals surface area contributed by atoms with Gasteiger partial charge in [-0.3, -0.25) is 9.59 Å². The van der Waals surface area contributed by atoms with Crippen molar-refractivity contribution in [2.75, 3.05) is 5.32 Å². The van der Waals surface area contributed by atoms with Crippen molar-refractivity contribution in [2.45, 2.75) is 26.8 Å². The molecule has 3 aromatic rings. The number of aromatic nitrogens is 2. The molecule has 1 atom stereocenters. The summed E-state index contributed by atoms with van der Waals surface area (Å²) in [4.78, 5) is 24.9. The van der Waals surface area contributed by atoms with Crippen molar-refractivity contribution in [3.8, 4) is 11.3 Å². The van der Waals surface area contributed by atoms with Gasteiger partial charge in [-0.25, -0.2) is 4.68 Å². The summed E-state index contributed by atoms with van der Waals surface area (Å²) < 4.78 is 1.20. The molecule has 6 heteroatoms. The third kappa shape index (κ3) is 4.26. The zero-order valence-electron chi connectivity index (χ0n) is 15.4. The van der Waals surface area contributed by atoms with Crippen molar-refractivity contribution in [3.63, 3.8) is 0 Å². The summed E-state index contributed by atoms with van der Waals surface area (Å²) in [5.41, 5.74) is 3.81. The zero-order valence-corrected chi connectivity index (χ0v) is 16.1. The van der Waals surface area contributed by atoms with Gasteiger partial charge >= 0.3 is 0 Å². The molecule has 0 unspecified atom stereocenters. The van der Waals surface area contributed by atoms with Crippen LogP contribution in [-0.4, -0.2) is 15.7 Å². The standard InChI is InChI=1S/C21H20ClN3O2/c1-13-4-7-16(8-5-13)18-10-11-20(26)25(24-18)15(3)21(27)23-19-12-17(22)9-6-14(19)2/h4-12,15H,1-3H3,(H,23,27)/t15-/m0/s1. The second kappa shape index (κ2) is 7.76. The lowest BCUT2D eigenvalue weighted by atomic mass is 10.1. The molecule has 3 rings (SSSR count). The van der Waals surface area contributed by atoms with Crippen molar-refractivity contribution in [1.29, 1.82) is 0 Å². The Morgan fingerprint density at radius 1 is 1.07 bits per heavy atom. The maximum absolute atomic E-state index is 12.7. The van der Waals surface area contributed by atoms with E-state index in [1.54, 1.807) is 25.1 Å². The summed E-state index contributed by atoms with van der Waals surface area (Å²) in [6.45, 7) is 5.52. The number of amides is 1. The Kier molecular flexibility index (Phi) is 5.42. The number of benzene rings is 2. The van der Waals surface area contributed by atoms with Crippen LogP contribution in [0.4, 0.5) is 5.69 Å². The number of nitrogens with zero attached hydrogens (tertiary/aromatic N) is 2. The lowest BCUT2D eigenvalue weighted by Gasteiger charge is -2.16. The molecular weight excluding hydrogens is 362 g/mol. The van der Waals surface area contributed by atoms with Crippen LogP contribution in [0.1, 0.15) is 24.1 Å². The largest absolute Gasteiger partial charge is 0.324 e. The third-order valence-electron chi connectivity index (χ3n) is 4.38. The maximum Gasteiger partial charge on any atom is 0.267 e. The summed E-state index contributed by atoms with van der Waals surface area (Å²) in [6, 6.07) is 15.4. The minimum atomic E-state index is -0.777. The Hall–Kier alpha value is -2.92. The van der Waals surface area contributed by atoms with Gasteiger partial charge in [-0.05, 0) is 44.5 Å². The van der Waals surface area contributed by atoms with E-state index in [1.807, 2.05) is 44.2 Å². The Labute approximate surface area is 162 Å². The van der Waals surface area contributed by atoms with E-state index >= 15 is 0 Å². The van der Waals surface area contributed by atoms with Crippen molar-refractivity contribution >= 4 is 23.2 Å². The molecule has 5 nitrogen and oxygen atoms in total. The Morgan fingerprint density at radius 2 is 1.78 bits per heavy atom. The van der Waals surface area contributed by atoms with Crippen LogP contribution < -0.4 is 10.9 Å². The monoisotopic (exact) mass is 381 g/mol. The van der Waals surface area contributed by atoms with E-state index in [4.69, 9.17) is 11.6 Å². The number of anilines is 1. The van der Waals surface area contributed by atoms with Crippen LogP contribution in [0, 0.1) is 13.8 Å². The van der Waals surface area contributed by atoms with Crippen LogP contribution >= 0.6 is 11.6 Å². The van der Waals surface area contributed by atoms with E-state index in [0.717, 1.165) is 16.7 Å². The minimum Gasteiger partial charge on any atom is -0.324 e. The van der Waals surface area contributed by atoms with Gasteiger partial charge in [0, 0.05) is 22.3 Å². The summed E-state index contributed by atoms with van der Waals surface area (Å²) in [6.07, 6.45) is 0. The Bertz CT molecular complexity index is 1040. The first-order chi connectivity index (χ1) is 12.8. The number of carbonyl (C=O) groups is 1. The van der Waals surface area contributed by atoms with Crippen LogP contribution in [-0.2, 0) is 4.79 Å². The molecule has 0 spiro atoms. The average Bonchev–Trinajstić information content (AvgIpc) is 2.65. The molecule has 1 amide bonds. The lowest BCUT2D eigenvalue weighted by molar-refractivity contribution is -0.119. The highest BCUT2D eigenvalue weighted by molar-refractivity contribution is 6.31. The molecule has 0 fully saturated rings. The highest BCUT2D eigenvalue weighted by Gasteiger charge is 2.19. The fourth-order valence-corrected chi connectivity index (χ4v) is 2.83. The Balaban J connectivity index is 1.89. The van der Waals surface area contributed by atoms with E-state index in [1.165, 1.54) is 10.7 Å². The van der Waals surface area contributed by atoms with E-state index < -0.39 is 6.04 Å². The van der Waals surface area contributed by atoms with Gasteiger partial charge in [0.1, 0.15) is 6.04 Å². The molecule has 2 aromatic carbocycles. The van der Waals surface area contributed by atoms with E-state index in [9.17, 15) is 9.59 Å². The van der Waals surface area contributed by atoms with Gasteiger partial charge in [0.25, 0.3) is 5.56 Å². The fraction of sp³-hybridized carbons (Fsp3) is 0.190. The second-order valence-corrected chi connectivity index (χ2v) is 6.93. The quantitative estimate of drug-likeness (QED) is 0.729. The summed E-state index contributed by atoms with van der Waals surface area (Å²) in [5, 5.41) is 7.74. The molecule has 138 valence electrons. The zero-order chi connectivity index (χ0) is 19.6. The summed E-state index contributed by atoms with van der Waals surface area (Å²) in [7, 11) is 0. The fourth-order valence-electron chi connectivity index (χ4n) is 2.66. The average molecular weight is 382 g/mol. The first-order valence-electron chi connectivity index (χ1n) is 8.59. The topological polar surface area (TPSA) is 64.0 Å². The number of aryl methyl sites for hydroxylation is 2.